The summed E-state index contributed by atoms with van der Waals surface area (Å²) in [4.78, 5) is 17.4. The first kappa shape index (κ1) is 15.5. The number of piperidine rings is 1. The SMILES string of the molecule is CC1CCN(c2ccc(-n3cc(CCC(=O)O)nn3)cn2)CC1. The van der Waals surface area contributed by atoms with E-state index in [9.17, 15) is 4.79 Å². The van der Waals surface area contributed by atoms with E-state index >= 15 is 0 Å². The Morgan fingerprint density at radius 3 is 2.78 bits per heavy atom. The van der Waals surface area contributed by atoms with Crippen molar-refractivity contribution in [3.8, 4) is 5.69 Å². The van der Waals surface area contributed by atoms with Crippen molar-refractivity contribution in [1.82, 2.24) is 20.0 Å². The van der Waals surface area contributed by atoms with Gasteiger partial charge in [0, 0.05) is 19.5 Å². The maximum atomic E-state index is 10.6. The Morgan fingerprint density at radius 2 is 2.13 bits per heavy atom. The van der Waals surface area contributed by atoms with Gasteiger partial charge in [0.05, 0.1) is 30.2 Å². The highest BCUT2D eigenvalue weighted by Gasteiger charge is 2.16. The third kappa shape index (κ3) is 3.85. The number of aromatic nitrogens is 4. The van der Waals surface area contributed by atoms with E-state index in [1.54, 1.807) is 17.1 Å². The average Bonchev–Trinajstić information content (AvgIpc) is 3.03. The van der Waals surface area contributed by atoms with Crippen LogP contribution in [0, 0.1) is 5.92 Å². The van der Waals surface area contributed by atoms with Crippen molar-refractivity contribution in [2.45, 2.75) is 32.6 Å². The number of anilines is 1. The molecule has 1 aliphatic heterocycles. The molecular weight excluding hydrogens is 294 g/mol. The minimum absolute atomic E-state index is 0.0588. The van der Waals surface area contributed by atoms with E-state index in [1.165, 1.54) is 12.8 Å². The van der Waals surface area contributed by atoms with Gasteiger partial charge in [-0.1, -0.05) is 12.1 Å². The van der Waals surface area contributed by atoms with Crippen molar-refractivity contribution in [3.63, 3.8) is 0 Å². The zero-order chi connectivity index (χ0) is 16.2. The molecule has 0 radical (unpaired) electrons. The topological polar surface area (TPSA) is 84.1 Å². The lowest BCUT2D eigenvalue weighted by Gasteiger charge is -2.31. The minimum atomic E-state index is -0.832. The molecule has 0 spiro atoms. The van der Waals surface area contributed by atoms with Crippen LogP contribution in [0.4, 0.5) is 5.82 Å². The standard InChI is InChI=1S/C16H21N5O2/c1-12-6-8-20(9-7-12)15-4-3-14(10-17-15)21-11-13(18-19-21)2-5-16(22)23/h3-4,10-12H,2,5-9H2,1H3,(H,22,23). The van der Waals surface area contributed by atoms with Crippen LogP contribution in [0.5, 0.6) is 0 Å². The number of carboxylic acids is 1. The Labute approximate surface area is 134 Å². The molecule has 0 aromatic carbocycles. The van der Waals surface area contributed by atoms with E-state index in [4.69, 9.17) is 5.11 Å². The highest BCUT2D eigenvalue weighted by atomic mass is 16.4. The normalized spacial score (nSPS) is 15.8. The number of pyridine rings is 1. The van der Waals surface area contributed by atoms with Gasteiger partial charge in [0.15, 0.2) is 0 Å². The van der Waals surface area contributed by atoms with E-state index in [1.807, 2.05) is 12.1 Å². The van der Waals surface area contributed by atoms with Gasteiger partial charge < -0.3 is 10.0 Å². The van der Waals surface area contributed by atoms with Crippen molar-refractivity contribution in [2.75, 3.05) is 18.0 Å². The summed E-state index contributed by atoms with van der Waals surface area (Å²) in [7, 11) is 0. The molecule has 23 heavy (non-hydrogen) atoms. The van der Waals surface area contributed by atoms with Crippen LogP contribution in [0.15, 0.2) is 24.5 Å². The third-order valence-corrected chi connectivity index (χ3v) is 4.24. The van der Waals surface area contributed by atoms with E-state index in [2.05, 4.69) is 27.1 Å². The molecule has 7 heteroatoms. The van der Waals surface area contributed by atoms with Crippen LogP contribution >= 0.6 is 0 Å². The second-order valence-corrected chi connectivity index (χ2v) is 6.09. The van der Waals surface area contributed by atoms with E-state index in [0.717, 1.165) is 30.5 Å². The Bertz CT molecular complexity index is 659. The number of aryl methyl sites for hydroxylation is 1. The minimum Gasteiger partial charge on any atom is -0.481 e. The second kappa shape index (κ2) is 6.76. The van der Waals surface area contributed by atoms with Crippen LogP contribution in [0.2, 0.25) is 0 Å². The Balaban J connectivity index is 1.66. The predicted octanol–water partition coefficient (Wildman–Crippen LogP) is 1.92. The summed E-state index contributed by atoms with van der Waals surface area (Å²) in [5, 5.41) is 16.7. The maximum absolute atomic E-state index is 10.6. The van der Waals surface area contributed by atoms with Crippen LogP contribution in [-0.2, 0) is 11.2 Å². The van der Waals surface area contributed by atoms with Gasteiger partial charge in [0.1, 0.15) is 5.82 Å². The predicted molar refractivity (Wildman–Crippen MR) is 85.7 cm³/mol. The molecule has 0 bridgehead atoms. The first-order chi connectivity index (χ1) is 11.1. The largest absolute Gasteiger partial charge is 0.481 e. The van der Waals surface area contributed by atoms with Gasteiger partial charge in [-0.25, -0.2) is 9.67 Å². The molecule has 2 aromatic rings. The number of rotatable bonds is 5. The van der Waals surface area contributed by atoms with Gasteiger partial charge in [-0.3, -0.25) is 4.79 Å². The molecule has 122 valence electrons. The second-order valence-electron chi connectivity index (χ2n) is 6.09. The molecule has 0 atom stereocenters. The molecule has 0 aliphatic carbocycles. The zero-order valence-electron chi connectivity index (χ0n) is 13.2. The monoisotopic (exact) mass is 315 g/mol. The third-order valence-electron chi connectivity index (χ3n) is 4.24. The van der Waals surface area contributed by atoms with Gasteiger partial charge in [-0.15, -0.1) is 5.10 Å². The fourth-order valence-corrected chi connectivity index (χ4v) is 2.71. The van der Waals surface area contributed by atoms with E-state index in [-0.39, 0.29) is 6.42 Å². The highest BCUT2D eigenvalue weighted by molar-refractivity contribution is 5.66. The van der Waals surface area contributed by atoms with E-state index in [0.29, 0.717) is 12.1 Å². The fourth-order valence-electron chi connectivity index (χ4n) is 2.71. The first-order valence-corrected chi connectivity index (χ1v) is 7.96. The summed E-state index contributed by atoms with van der Waals surface area (Å²) in [6.07, 6.45) is 6.39. The summed E-state index contributed by atoms with van der Waals surface area (Å²) in [6, 6.07) is 3.97. The lowest BCUT2D eigenvalue weighted by molar-refractivity contribution is -0.136. The summed E-state index contributed by atoms with van der Waals surface area (Å²) < 4.78 is 1.63. The van der Waals surface area contributed by atoms with Gasteiger partial charge >= 0.3 is 5.97 Å². The molecule has 1 saturated heterocycles. The molecule has 7 nitrogen and oxygen atoms in total. The zero-order valence-corrected chi connectivity index (χ0v) is 13.2. The van der Waals surface area contributed by atoms with Gasteiger partial charge in [-0.2, -0.15) is 0 Å². The van der Waals surface area contributed by atoms with E-state index < -0.39 is 5.97 Å². The number of nitrogens with zero attached hydrogens (tertiary/aromatic N) is 5. The van der Waals surface area contributed by atoms with Crippen LogP contribution in [0.3, 0.4) is 0 Å². The van der Waals surface area contributed by atoms with Gasteiger partial charge in [0.2, 0.25) is 0 Å². The number of carboxylic acid groups (broad SMARTS) is 1. The molecule has 2 aromatic heterocycles. The quantitative estimate of drug-likeness (QED) is 0.907. The Morgan fingerprint density at radius 1 is 1.35 bits per heavy atom. The lowest BCUT2D eigenvalue weighted by Crippen LogP contribution is -2.33. The average molecular weight is 315 g/mol. The smallest absolute Gasteiger partial charge is 0.303 e. The molecule has 0 saturated carbocycles. The molecular formula is C16H21N5O2. The number of hydrogen-bond donors (Lipinski definition) is 1. The molecule has 3 heterocycles. The van der Waals surface area contributed by atoms with Gasteiger partial charge in [-0.05, 0) is 30.9 Å². The molecule has 1 fully saturated rings. The molecule has 1 aliphatic rings. The Hall–Kier alpha value is -2.44. The summed E-state index contributed by atoms with van der Waals surface area (Å²) in [6.45, 7) is 4.40. The number of aliphatic carboxylic acids is 1. The summed E-state index contributed by atoms with van der Waals surface area (Å²) in [5.74, 6) is 0.957. The highest BCUT2D eigenvalue weighted by Crippen LogP contribution is 2.21. The first-order valence-electron chi connectivity index (χ1n) is 7.96. The number of carbonyl (C=O) groups is 1. The van der Waals surface area contributed by atoms with Crippen molar-refractivity contribution in [3.05, 3.63) is 30.2 Å². The van der Waals surface area contributed by atoms with Crippen molar-refractivity contribution in [1.29, 1.82) is 0 Å². The van der Waals surface area contributed by atoms with Crippen LogP contribution in [0.25, 0.3) is 5.69 Å². The van der Waals surface area contributed by atoms with Crippen molar-refractivity contribution in [2.24, 2.45) is 5.92 Å². The van der Waals surface area contributed by atoms with Gasteiger partial charge in [0.25, 0.3) is 0 Å². The molecule has 0 unspecified atom stereocenters. The van der Waals surface area contributed by atoms with Crippen molar-refractivity contribution < 1.29 is 9.90 Å². The summed E-state index contributed by atoms with van der Waals surface area (Å²) in [5.41, 5.74) is 1.50. The Kier molecular flexibility index (Phi) is 4.55. The number of hydrogen-bond acceptors (Lipinski definition) is 5. The summed E-state index contributed by atoms with van der Waals surface area (Å²) >= 11 is 0. The molecule has 3 rings (SSSR count). The van der Waals surface area contributed by atoms with Crippen LogP contribution in [0.1, 0.15) is 31.9 Å². The van der Waals surface area contributed by atoms with Crippen molar-refractivity contribution >= 4 is 11.8 Å². The maximum Gasteiger partial charge on any atom is 0.303 e. The lowest BCUT2D eigenvalue weighted by atomic mass is 9.99. The van der Waals surface area contributed by atoms with Crippen LogP contribution in [-0.4, -0.2) is 44.1 Å². The van der Waals surface area contributed by atoms with Crippen LogP contribution < -0.4 is 4.90 Å². The molecule has 1 N–H and O–H groups in total. The fraction of sp³-hybridized carbons (Fsp3) is 0.500. The molecule has 0 amide bonds.